The van der Waals surface area contributed by atoms with Gasteiger partial charge in [0.1, 0.15) is 24.2 Å². The number of Topliss-reactive ketones (excluding diaryl/α,β-unsaturated/α-hetero) is 1. The van der Waals surface area contributed by atoms with Crippen molar-refractivity contribution < 1.29 is 38.3 Å². The molecular formula is C30H40O8. The fourth-order valence-electron chi connectivity index (χ4n) is 5.07. The van der Waals surface area contributed by atoms with Crippen LogP contribution in [0.5, 0.6) is 11.5 Å². The van der Waals surface area contributed by atoms with Crippen LogP contribution in [0.4, 0.5) is 0 Å². The lowest BCUT2D eigenvalue weighted by Crippen LogP contribution is -2.32. The van der Waals surface area contributed by atoms with E-state index in [1.165, 1.54) is 6.92 Å². The Labute approximate surface area is 225 Å². The topological polar surface area (TPSA) is 92.7 Å². The molecule has 1 saturated carbocycles. The van der Waals surface area contributed by atoms with E-state index in [9.17, 15) is 9.90 Å². The molecule has 1 aliphatic carbocycles. The molecule has 0 bridgehead atoms. The third-order valence-corrected chi connectivity index (χ3v) is 7.10. The Morgan fingerprint density at radius 3 is 2.39 bits per heavy atom. The summed E-state index contributed by atoms with van der Waals surface area (Å²) >= 11 is 0. The molecule has 1 N–H and O–H groups in total. The Balaban J connectivity index is 1.50. The molecule has 208 valence electrons. The average Bonchev–Trinajstić information content (AvgIpc) is 3.23. The minimum atomic E-state index is -0.707. The van der Waals surface area contributed by atoms with E-state index in [1.54, 1.807) is 7.11 Å². The quantitative estimate of drug-likeness (QED) is 0.276. The Hall–Kier alpha value is -2.41. The summed E-state index contributed by atoms with van der Waals surface area (Å²) in [6, 6.07) is 7.40. The van der Waals surface area contributed by atoms with Gasteiger partial charge in [0.2, 0.25) is 5.78 Å². The summed E-state index contributed by atoms with van der Waals surface area (Å²) < 4.78 is 35.5. The Morgan fingerprint density at radius 1 is 1.08 bits per heavy atom. The lowest BCUT2D eigenvalue weighted by molar-refractivity contribution is -0.193. The van der Waals surface area contributed by atoms with Crippen LogP contribution in [-0.2, 0) is 23.7 Å². The van der Waals surface area contributed by atoms with Gasteiger partial charge in [0.05, 0.1) is 25.2 Å². The van der Waals surface area contributed by atoms with Crippen molar-refractivity contribution in [2.24, 2.45) is 11.8 Å². The average molecular weight is 529 g/mol. The van der Waals surface area contributed by atoms with E-state index in [0.29, 0.717) is 25.4 Å². The van der Waals surface area contributed by atoms with Gasteiger partial charge in [-0.05, 0) is 68.7 Å². The van der Waals surface area contributed by atoms with Crippen molar-refractivity contribution in [2.45, 2.75) is 82.8 Å². The van der Waals surface area contributed by atoms with Crippen molar-refractivity contribution in [3.05, 3.63) is 36.4 Å². The van der Waals surface area contributed by atoms with Crippen molar-refractivity contribution in [2.75, 3.05) is 26.9 Å². The highest BCUT2D eigenvalue weighted by atomic mass is 16.7. The zero-order valence-electron chi connectivity index (χ0n) is 22.4. The molecule has 2 heterocycles. The number of rotatable bonds is 10. The first-order chi connectivity index (χ1) is 18.5. The van der Waals surface area contributed by atoms with Crippen molar-refractivity contribution in [1.82, 2.24) is 0 Å². The van der Waals surface area contributed by atoms with Crippen LogP contribution in [0.15, 0.2) is 36.4 Å². The maximum atomic E-state index is 11.6. The smallest absolute Gasteiger partial charge is 0.202 e. The number of ketones is 1. The molecule has 8 heteroatoms. The number of benzene rings is 1. The number of carbonyl (C=O) groups excluding carboxylic acids is 1. The molecule has 4 rings (SSSR count). The molecule has 2 saturated heterocycles. The largest absolute Gasteiger partial charge is 0.497 e. The molecule has 0 aromatic heterocycles. The second-order valence-corrected chi connectivity index (χ2v) is 10.0. The molecule has 0 spiro atoms. The SMILES string of the molecule is COc1ccc(OCC(C=CC2C(OC3CCCCO3)CC(O)C2C#CC(C)=O)OC2CCCCO2)cc1. The predicted octanol–water partition coefficient (Wildman–Crippen LogP) is 4.04. The van der Waals surface area contributed by atoms with Crippen LogP contribution in [0.1, 0.15) is 51.9 Å². The number of carbonyl (C=O) groups is 1. The van der Waals surface area contributed by atoms with Gasteiger partial charge in [-0.2, -0.15) is 0 Å². The number of aliphatic hydroxyl groups excluding tert-OH is 1. The van der Waals surface area contributed by atoms with Crippen molar-refractivity contribution >= 4 is 5.78 Å². The van der Waals surface area contributed by atoms with Crippen molar-refractivity contribution in [1.29, 1.82) is 0 Å². The minimum absolute atomic E-state index is 0.233. The molecular weight excluding hydrogens is 488 g/mol. The number of aliphatic hydroxyl groups is 1. The maximum Gasteiger partial charge on any atom is 0.202 e. The van der Waals surface area contributed by atoms with Gasteiger partial charge < -0.3 is 33.5 Å². The van der Waals surface area contributed by atoms with Gasteiger partial charge in [-0.15, -0.1) is 0 Å². The fourth-order valence-corrected chi connectivity index (χ4v) is 5.07. The van der Waals surface area contributed by atoms with Gasteiger partial charge in [0.15, 0.2) is 12.6 Å². The summed E-state index contributed by atoms with van der Waals surface area (Å²) in [6.07, 6.45) is 8.19. The summed E-state index contributed by atoms with van der Waals surface area (Å²) in [6.45, 7) is 3.05. The van der Waals surface area contributed by atoms with Crippen LogP contribution >= 0.6 is 0 Å². The third kappa shape index (κ3) is 8.55. The number of hydrogen-bond donors (Lipinski definition) is 1. The molecule has 7 atom stereocenters. The molecule has 1 aromatic rings. The van der Waals surface area contributed by atoms with Crippen LogP contribution in [0.25, 0.3) is 0 Å². The van der Waals surface area contributed by atoms with E-state index >= 15 is 0 Å². The standard InChI is InChI=1S/C30H40O8/c1-21(31)9-15-25-26(28(19-27(25)32)38-30-8-4-6-18-35-30)16-14-24(37-29-7-3-5-17-34-29)20-36-23-12-10-22(33-2)11-13-23/h10-14,16,24-30,32H,3-8,17-20H2,1-2H3. The van der Waals surface area contributed by atoms with Gasteiger partial charge in [0, 0.05) is 32.5 Å². The van der Waals surface area contributed by atoms with E-state index in [1.807, 2.05) is 36.4 Å². The molecule has 38 heavy (non-hydrogen) atoms. The van der Waals surface area contributed by atoms with E-state index in [-0.39, 0.29) is 37.0 Å². The third-order valence-electron chi connectivity index (χ3n) is 7.10. The summed E-state index contributed by atoms with van der Waals surface area (Å²) in [7, 11) is 1.63. The van der Waals surface area contributed by atoms with Crippen LogP contribution < -0.4 is 9.47 Å². The van der Waals surface area contributed by atoms with E-state index in [0.717, 1.165) is 44.3 Å². The van der Waals surface area contributed by atoms with Crippen LogP contribution in [0.2, 0.25) is 0 Å². The molecule has 3 fully saturated rings. The highest BCUT2D eigenvalue weighted by Gasteiger charge is 2.42. The van der Waals surface area contributed by atoms with Gasteiger partial charge in [-0.1, -0.05) is 18.1 Å². The van der Waals surface area contributed by atoms with Crippen LogP contribution in [-0.4, -0.2) is 68.7 Å². The predicted molar refractivity (Wildman–Crippen MR) is 141 cm³/mol. The van der Waals surface area contributed by atoms with Crippen LogP contribution in [0.3, 0.4) is 0 Å². The molecule has 8 nitrogen and oxygen atoms in total. The molecule has 0 radical (unpaired) electrons. The first-order valence-electron chi connectivity index (χ1n) is 13.7. The Bertz CT molecular complexity index is 953. The lowest BCUT2D eigenvalue weighted by Gasteiger charge is -2.29. The molecule has 1 aromatic carbocycles. The summed E-state index contributed by atoms with van der Waals surface area (Å²) in [5, 5.41) is 10.8. The van der Waals surface area contributed by atoms with Gasteiger partial charge >= 0.3 is 0 Å². The zero-order chi connectivity index (χ0) is 26.7. The number of ether oxygens (including phenoxy) is 6. The highest BCUT2D eigenvalue weighted by Crippen LogP contribution is 2.37. The first-order valence-corrected chi connectivity index (χ1v) is 13.7. The van der Waals surface area contributed by atoms with E-state index < -0.39 is 18.1 Å². The summed E-state index contributed by atoms with van der Waals surface area (Å²) in [5.41, 5.74) is 0. The molecule has 7 unspecified atom stereocenters. The van der Waals surface area contributed by atoms with Gasteiger partial charge in [-0.3, -0.25) is 4.79 Å². The molecule has 3 aliphatic rings. The fraction of sp³-hybridized carbons (Fsp3) is 0.633. The van der Waals surface area contributed by atoms with Crippen molar-refractivity contribution in [3.8, 4) is 23.3 Å². The zero-order valence-corrected chi connectivity index (χ0v) is 22.4. The maximum absolute atomic E-state index is 11.6. The lowest BCUT2D eigenvalue weighted by atomic mass is 9.93. The summed E-state index contributed by atoms with van der Waals surface area (Å²) in [5.74, 6) is 6.18. The summed E-state index contributed by atoms with van der Waals surface area (Å²) in [4.78, 5) is 11.6. The van der Waals surface area contributed by atoms with Gasteiger partial charge in [0.25, 0.3) is 0 Å². The number of methoxy groups -OCH3 is 1. The molecule has 0 amide bonds. The van der Waals surface area contributed by atoms with Crippen LogP contribution in [0, 0.1) is 23.7 Å². The Morgan fingerprint density at radius 2 is 1.76 bits per heavy atom. The van der Waals surface area contributed by atoms with Crippen molar-refractivity contribution in [3.63, 3.8) is 0 Å². The van der Waals surface area contributed by atoms with E-state index in [4.69, 9.17) is 28.4 Å². The second kappa shape index (κ2) is 14.7. The highest BCUT2D eigenvalue weighted by molar-refractivity contribution is 5.93. The first kappa shape index (κ1) is 28.6. The van der Waals surface area contributed by atoms with E-state index in [2.05, 4.69) is 11.8 Å². The molecule has 2 aliphatic heterocycles. The minimum Gasteiger partial charge on any atom is -0.497 e. The normalized spacial score (nSPS) is 30.4. The van der Waals surface area contributed by atoms with Gasteiger partial charge in [-0.25, -0.2) is 0 Å². The Kier molecular flexibility index (Phi) is 11.0. The second-order valence-electron chi connectivity index (χ2n) is 10.0. The monoisotopic (exact) mass is 528 g/mol. The number of hydrogen-bond acceptors (Lipinski definition) is 8.